The third-order valence-electron chi connectivity index (χ3n) is 4.64. The standard InChI is InChI=1S/C17H27N3O/c1-12-6-5-7-14(13(12)2)19-16(21)10-20-9-8-15(18)17(3,4)11-20/h5-7,15H,8-11,18H2,1-4H3,(H,19,21). The zero-order valence-electron chi connectivity index (χ0n) is 13.6. The van der Waals surface area contributed by atoms with Crippen molar-refractivity contribution in [3.8, 4) is 0 Å². The van der Waals surface area contributed by atoms with Crippen LogP contribution in [-0.2, 0) is 4.79 Å². The highest BCUT2D eigenvalue weighted by Gasteiger charge is 2.33. The molecule has 1 amide bonds. The monoisotopic (exact) mass is 289 g/mol. The van der Waals surface area contributed by atoms with E-state index in [4.69, 9.17) is 5.73 Å². The Kier molecular flexibility index (Phi) is 4.69. The lowest BCUT2D eigenvalue weighted by Crippen LogP contribution is -2.53. The Bertz CT molecular complexity index is 525. The molecule has 21 heavy (non-hydrogen) atoms. The summed E-state index contributed by atoms with van der Waals surface area (Å²) < 4.78 is 0. The summed E-state index contributed by atoms with van der Waals surface area (Å²) >= 11 is 0. The van der Waals surface area contributed by atoms with Crippen LogP contribution in [0.5, 0.6) is 0 Å². The molecule has 116 valence electrons. The zero-order chi connectivity index (χ0) is 15.6. The Balaban J connectivity index is 1.95. The first-order valence-electron chi connectivity index (χ1n) is 7.63. The van der Waals surface area contributed by atoms with Crippen LogP contribution >= 0.6 is 0 Å². The molecule has 1 unspecified atom stereocenters. The Hall–Kier alpha value is -1.39. The summed E-state index contributed by atoms with van der Waals surface area (Å²) in [7, 11) is 0. The SMILES string of the molecule is Cc1cccc(NC(=O)CN2CCC(N)C(C)(C)C2)c1C. The molecule has 0 bridgehead atoms. The number of amides is 1. The predicted molar refractivity (Wildman–Crippen MR) is 87.4 cm³/mol. The summed E-state index contributed by atoms with van der Waals surface area (Å²) in [6.45, 7) is 10.6. The molecule has 2 rings (SSSR count). The number of aryl methyl sites for hydroxylation is 1. The van der Waals surface area contributed by atoms with Crippen LogP contribution in [0.2, 0.25) is 0 Å². The molecule has 1 heterocycles. The van der Waals surface area contributed by atoms with E-state index in [0.29, 0.717) is 6.54 Å². The van der Waals surface area contributed by atoms with Crippen molar-refractivity contribution in [3.05, 3.63) is 29.3 Å². The van der Waals surface area contributed by atoms with Crippen molar-refractivity contribution in [2.24, 2.45) is 11.1 Å². The van der Waals surface area contributed by atoms with E-state index < -0.39 is 0 Å². The van der Waals surface area contributed by atoms with Gasteiger partial charge in [0.05, 0.1) is 6.54 Å². The highest BCUT2D eigenvalue weighted by molar-refractivity contribution is 5.93. The van der Waals surface area contributed by atoms with E-state index in [1.54, 1.807) is 0 Å². The molecule has 1 atom stereocenters. The van der Waals surface area contributed by atoms with E-state index >= 15 is 0 Å². The van der Waals surface area contributed by atoms with Gasteiger partial charge in [-0.3, -0.25) is 9.69 Å². The van der Waals surface area contributed by atoms with E-state index in [-0.39, 0.29) is 17.4 Å². The maximum atomic E-state index is 12.3. The second-order valence-corrected chi connectivity index (χ2v) is 6.89. The van der Waals surface area contributed by atoms with Crippen molar-refractivity contribution in [1.29, 1.82) is 0 Å². The van der Waals surface area contributed by atoms with Gasteiger partial charge in [0.15, 0.2) is 0 Å². The molecular weight excluding hydrogens is 262 g/mol. The van der Waals surface area contributed by atoms with Crippen molar-refractivity contribution in [2.75, 3.05) is 25.0 Å². The van der Waals surface area contributed by atoms with Crippen LogP contribution in [0.15, 0.2) is 18.2 Å². The normalized spacial score (nSPS) is 22.0. The molecule has 4 heteroatoms. The first kappa shape index (κ1) is 16.0. The number of nitrogens with one attached hydrogen (secondary N) is 1. The molecule has 1 fully saturated rings. The molecule has 1 aliphatic rings. The molecule has 0 saturated carbocycles. The Labute approximate surface area is 127 Å². The van der Waals surface area contributed by atoms with Crippen LogP contribution in [0.3, 0.4) is 0 Å². The highest BCUT2D eigenvalue weighted by atomic mass is 16.2. The van der Waals surface area contributed by atoms with Gasteiger partial charge in [-0.1, -0.05) is 26.0 Å². The van der Waals surface area contributed by atoms with Crippen LogP contribution in [0.25, 0.3) is 0 Å². The number of likely N-dealkylation sites (tertiary alicyclic amines) is 1. The number of anilines is 1. The average Bonchev–Trinajstić information content (AvgIpc) is 2.39. The number of benzene rings is 1. The summed E-state index contributed by atoms with van der Waals surface area (Å²) in [5.74, 6) is 0.0509. The summed E-state index contributed by atoms with van der Waals surface area (Å²) in [6.07, 6.45) is 0.948. The number of nitrogens with two attached hydrogens (primary N) is 1. The Morgan fingerprint density at radius 2 is 2.14 bits per heavy atom. The van der Waals surface area contributed by atoms with E-state index in [0.717, 1.165) is 30.8 Å². The maximum absolute atomic E-state index is 12.3. The first-order valence-corrected chi connectivity index (χ1v) is 7.63. The second kappa shape index (κ2) is 6.16. The summed E-state index contributed by atoms with van der Waals surface area (Å²) in [5, 5.41) is 3.03. The van der Waals surface area contributed by atoms with Crippen molar-refractivity contribution < 1.29 is 4.79 Å². The van der Waals surface area contributed by atoms with Gasteiger partial charge in [0, 0.05) is 24.8 Å². The minimum absolute atomic E-state index is 0.0509. The van der Waals surface area contributed by atoms with Gasteiger partial charge in [-0.25, -0.2) is 0 Å². The van der Waals surface area contributed by atoms with E-state index in [9.17, 15) is 4.79 Å². The zero-order valence-corrected chi connectivity index (χ0v) is 13.6. The molecular formula is C17H27N3O. The number of hydrogen-bond donors (Lipinski definition) is 2. The van der Waals surface area contributed by atoms with Gasteiger partial charge in [-0.2, -0.15) is 0 Å². The topological polar surface area (TPSA) is 58.4 Å². The summed E-state index contributed by atoms with van der Waals surface area (Å²) in [5.41, 5.74) is 9.44. The van der Waals surface area contributed by atoms with Crippen molar-refractivity contribution in [3.63, 3.8) is 0 Å². The lowest BCUT2D eigenvalue weighted by Gasteiger charge is -2.42. The van der Waals surface area contributed by atoms with Crippen LogP contribution < -0.4 is 11.1 Å². The molecule has 0 radical (unpaired) electrons. The van der Waals surface area contributed by atoms with Gasteiger partial charge in [0.25, 0.3) is 0 Å². The number of piperidine rings is 1. The smallest absolute Gasteiger partial charge is 0.238 e. The minimum atomic E-state index is 0.0509. The lowest BCUT2D eigenvalue weighted by molar-refractivity contribution is -0.118. The Morgan fingerprint density at radius 1 is 1.43 bits per heavy atom. The van der Waals surface area contributed by atoms with Gasteiger partial charge in [0.2, 0.25) is 5.91 Å². The third kappa shape index (κ3) is 3.83. The number of hydrogen-bond acceptors (Lipinski definition) is 3. The van der Waals surface area contributed by atoms with Crippen molar-refractivity contribution in [1.82, 2.24) is 4.90 Å². The molecule has 4 nitrogen and oxygen atoms in total. The van der Waals surface area contributed by atoms with Crippen LogP contribution in [0.1, 0.15) is 31.4 Å². The molecule has 1 aromatic rings. The van der Waals surface area contributed by atoms with E-state index in [1.165, 1.54) is 5.56 Å². The molecule has 1 saturated heterocycles. The molecule has 0 spiro atoms. The summed E-state index contributed by atoms with van der Waals surface area (Å²) in [6, 6.07) is 6.20. The van der Waals surface area contributed by atoms with Gasteiger partial charge in [0.1, 0.15) is 0 Å². The van der Waals surface area contributed by atoms with Crippen LogP contribution in [0.4, 0.5) is 5.69 Å². The fourth-order valence-electron chi connectivity index (χ4n) is 2.90. The molecule has 3 N–H and O–H groups in total. The largest absolute Gasteiger partial charge is 0.327 e. The summed E-state index contributed by atoms with van der Waals surface area (Å²) in [4.78, 5) is 14.5. The Morgan fingerprint density at radius 3 is 2.81 bits per heavy atom. The quantitative estimate of drug-likeness (QED) is 0.897. The van der Waals surface area contributed by atoms with E-state index in [1.807, 2.05) is 19.1 Å². The average molecular weight is 289 g/mol. The first-order chi connectivity index (χ1) is 9.79. The van der Waals surface area contributed by atoms with E-state index in [2.05, 4.69) is 37.1 Å². The van der Waals surface area contributed by atoms with Gasteiger partial charge >= 0.3 is 0 Å². The van der Waals surface area contributed by atoms with Crippen LogP contribution in [-0.4, -0.2) is 36.5 Å². The van der Waals surface area contributed by atoms with Crippen LogP contribution in [0, 0.1) is 19.3 Å². The fraction of sp³-hybridized carbons (Fsp3) is 0.588. The second-order valence-electron chi connectivity index (χ2n) is 6.89. The molecule has 0 aromatic heterocycles. The van der Waals surface area contributed by atoms with Gasteiger partial charge < -0.3 is 11.1 Å². The van der Waals surface area contributed by atoms with Crippen molar-refractivity contribution in [2.45, 2.75) is 40.2 Å². The number of carbonyl (C=O) groups excluding carboxylic acids is 1. The van der Waals surface area contributed by atoms with Gasteiger partial charge in [-0.15, -0.1) is 0 Å². The number of nitrogens with zero attached hydrogens (tertiary/aromatic N) is 1. The fourth-order valence-corrected chi connectivity index (χ4v) is 2.90. The molecule has 1 aromatic carbocycles. The number of rotatable bonds is 3. The molecule has 1 aliphatic heterocycles. The maximum Gasteiger partial charge on any atom is 0.238 e. The lowest BCUT2D eigenvalue weighted by atomic mass is 9.80. The highest BCUT2D eigenvalue weighted by Crippen LogP contribution is 2.27. The minimum Gasteiger partial charge on any atom is -0.327 e. The van der Waals surface area contributed by atoms with Gasteiger partial charge in [-0.05, 0) is 42.9 Å². The molecule has 0 aliphatic carbocycles. The van der Waals surface area contributed by atoms with Crippen molar-refractivity contribution >= 4 is 11.6 Å². The third-order valence-corrected chi connectivity index (χ3v) is 4.64. The predicted octanol–water partition coefficient (Wildman–Crippen LogP) is 2.30. The number of carbonyl (C=O) groups is 1.